The van der Waals surface area contributed by atoms with E-state index in [1.807, 2.05) is 0 Å². The van der Waals surface area contributed by atoms with Gasteiger partial charge in [0, 0.05) is 11.6 Å². The zero-order chi connectivity index (χ0) is 21.9. The maximum Gasteiger partial charge on any atom is 0.325 e. The molecule has 10 nitrogen and oxygen atoms in total. The normalized spacial score (nSPS) is 21.6. The number of nitrogens with zero attached hydrogens (tertiary/aromatic N) is 1. The van der Waals surface area contributed by atoms with Crippen LogP contribution in [0.4, 0.5) is 5.69 Å². The summed E-state index contributed by atoms with van der Waals surface area (Å²) in [6.07, 6.45) is 1.91. The lowest BCUT2D eigenvalue weighted by molar-refractivity contribution is -0.385. The molecule has 0 amide bonds. The number of carboxylic acid groups (broad SMARTS) is 1. The molecule has 0 aromatic heterocycles. The number of rotatable bonds is 8. The highest BCUT2D eigenvalue weighted by molar-refractivity contribution is 6.28. The summed E-state index contributed by atoms with van der Waals surface area (Å²) in [5.74, 6) is -3.81. The van der Waals surface area contributed by atoms with Crippen LogP contribution in [0.2, 0.25) is 0 Å². The molecule has 2 atom stereocenters. The van der Waals surface area contributed by atoms with E-state index >= 15 is 0 Å². The van der Waals surface area contributed by atoms with Crippen LogP contribution in [0.3, 0.4) is 0 Å². The second-order valence-electron chi connectivity index (χ2n) is 7.62. The summed E-state index contributed by atoms with van der Waals surface area (Å²) in [6, 6.07) is 2.73. The highest BCUT2D eigenvalue weighted by Gasteiger charge is 2.60. The predicted molar refractivity (Wildman–Crippen MR) is 106 cm³/mol. The molecule has 1 unspecified atom stereocenters. The fourth-order valence-corrected chi connectivity index (χ4v) is 4.51. The number of ether oxygens (including phenoxy) is 1. The molecule has 2 fully saturated rings. The summed E-state index contributed by atoms with van der Waals surface area (Å²) < 4.78 is 5.03. The second-order valence-corrected chi connectivity index (χ2v) is 7.62. The van der Waals surface area contributed by atoms with Crippen LogP contribution >= 0.6 is 0 Å². The van der Waals surface area contributed by atoms with Crippen LogP contribution in [0.15, 0.2) is 18.2 Å². The van der Waals surface area contributed by atoms with E-state index in [2.05, 4.69) is 10.6 Å². The molecule has 2 heterocycles. The van der Waals surface area contributed by atoms with Crippen LogP contribution in [-0.4, -0.2) is 60.4 Å². The molecule has 0 radical (unpaired) electrons. The van der Waals surface area contributed by atoms with Gasteiger partial charge in [-0.2, -0.15) is 0 Å². The van der Waals surface area contributed by atoms with Gasteiger partial charge < -0.3 is 20.5 Å². The molecular formula is C20H25N3O7. The number of aliphatic carboxylic acids is 1. The van der Waals surface area contributed by atoms with Gasteiger partial charge in [0.05, 0.1) is 18.1 Å². The molecule has 0 aliphatic carbocycles. The van der Waals surface area contributed by atoms with Crippen molar-refractivity contribution in [3.63, 3.8) is 0 Å². The molecule has 10 heteroatoms. The Bertz CT molecular complexity index is 860. The monoisotopic (exact) mass is 419 g/mol. The minimum Gasteiger partial charge on any atom is -0.490 e. The highest BCUT2D eigenvalue weighted by atomic mass is 16.6. The van der Waals surface area contributed by atoms with Gasteiger partial charge in [-0.15, -0.1) is 0 Å². The summed E-state index contributed by atoms with van der Waals surface area (Å²) >= 11 is 0. The Morgan fingerprint density at radius 1 is 1.20 bits per heavy atom. The summed E-state index contributed by atoms with van der Waals surface area (Å²) in [4.78, 5) is 50.4. The smallest absolute Gasteiger partial charge is 0.325 e. The number of hydrogen-bond donors (Lipinski definition) is 3. The number of ketones is 2. The standard InChI is InChI=1S/C20H25N3O7/c1-30-16-11-12(4-5-15(16)23(28)29)17(24)20(19(26)27,13-6-9-21-10-7-13)18(25)14-3-2-8-22-14/h4-5,11,13-14,21-22H,2-3,6-10H2,1H3,(H,26,27)/t14-,20?/m1/s1. The van der Waals surface area contributed by atoms with Gasteiger partial charge in [0.2, 0.25) is 0 Å². The highest BCUT2D eigenvalue weighted by Crippen LogP contribution is 2.42. The van der Waals surface area contributed by atoms with E-state index in [1.54, 1.807) is 0 Å². The van der Waals surface area contributed by atoms with Gasteiger partial charge in [0.15, 0.2) is 22.7 Å². The molecule has 1 aromatic carbocycles. The lowest BCUT2D eigenvalue weighted by atomic mass is 9.62. The average molecular weight is 419 g/mol. The van der Waals surface area contributed by atoms with E-state index in [1.165, 1.54) is 13.2 Å². The Hall–Kier alpha value is -2.85. The van der Waals surface area contributed by atoms with E-state index in [0.717, 1.165) is 18.6 Å². The molecule has 2 aliphatic rings. The van der Waals surface area contributed by atoms with E-state index in [0.29, 0.717) is 38.9 Å². The van der Waals surface area contributed by atoms with E-state index in [-0.39, 0.29) is 17.0 Å². The fourth-order valence-electron chi connectivity index (χ4n) is 4.51. The number of nitro groups is 1. The second kappa shape index (κ2) is 8.88. The minimum atomic E-state index is -2.26. The molecule has 3 rings (SSSR count). The molecule has 30 heavy (non-hydrogen) atoms. The van der Waals surface area contributed by atoms with E-state index in [9.17, 15) is 29.6 Å². The first kappa shape index (κ1) is 21.8. The van der Waals surface area contributed by atoms with Crippen LogP contribution in [-0.2, 0) is 9.59 Å². The van der Waals surface area contributed by atoms with E-state index < -0.39 is 39.8 Å². The van der Waals surface area contributed by atoms with Crippen molar-refractivity contribution in [2.45, 2.75) is 31.7 Å². The van der Waals surface area contributed by atoms with Crippen molar-refractivity contribution < 1.29 is 29.2 Å². The van der Waals surface area contributed by atoms with Gasteiger partial charge in [-0.05, 0) is 63.4 Å². The molecular weight excluding hydrogens is 394 g/mol. The van der Waals surface area contributed by atoms with Gasteiger partial charge in [-0.25, -0.2) is 0 Å². The van der Waals surface area contributed by atoms with Crippen LogP contribution in [0.5, 0.6) is 5.75 Å². The first-order valence-electron chi connectivity index (χ1n) is 9.93. The Kier molecular flexibility index (Phi) is 6.47. The molecule has 0 bridgehead atoms. The van der Waals surface area contributed by atoms with Crippen LogP contribution in [0.1, 0.15) is 36.0 Å². The summed E-state index contributed by atoms with van der Waals surface area (Å²) in [5.41, 5.74) is -2.70. The number of piperidine rings is 1. The predicted octanol–water partition coefficient (Wildman–Crippen LogP) is 1.18. The van der Waals surface area contributed by atoms with Crippen molar-refractivity contribution in [1.29, 1.82) is 0 Å². The number of nitro benzene ring substituents is 1. The number of Topliss-reactive ketones (excluding diaryl/α,β-unsaturated/α-hetero) is 2. The van der Waals surface area contributed by atoms with Gasteiger partial charge in [0.25, 0.3) is 0 Å². The maximum atomic E-state index is 13.7. The topological polar surface area (TPSA) is 148 Å². The third kappa shape index (κ3) is 3.68. The number of benzene rings is 1. The third-order valence-electron chi connectivity index (χ3n) is 6.05. The molecule has 0 saturated carbocycles. The largest absolute Gasteiger partial charge is 0.490 e. The van der Waals surface area contributed by atoms with Gasteiger partial charge in [-0.3, -0.25) is 24.5 Å². The Labute approximate surface area is 173 Å². The first-order valence-corrected chi connectivity index (χ1v) is 9.93. The van der Waals surface area contributed by atoms with Gasteiger partial charge >= 0.3 is 11.7 Å². The van der Waals surface area contributed by atoms with Crippen LogP contribution < -0.4 is 15.4 Å². The molecule has 2 saturated heterocycles. The summed E-state index contributed by atoms with van der Waals surface area (Å²) in [5, 5.41) is 27.6. The van der Waals surface area contributed by atoms with Crippen molar-refractivity contribution >= 4 is 23.2 Å². The number of carboxylic acids is 1. The summed E-state index contributed by atoms with van der Waals surface area (Å²) in [7, 11) is 1.22. The van der Waals surface area contributed by atoms with Crippen molar-refractivity contribution in [3.05, 3.63) is 33.9 Å². The van der Waals surface area contributed by atoms with Crippen molar-refractivity contribution in [1.82, 2.24) is 10.6 Å². The zero-order valence-corrected chi connectivity index (χ0v) is 16.7. The minimum absolute atomic E-state index is 0.0928. The Balaban J connectivity index is 2.13. The molecule has 1 aromatic rings. The third-order valence-corrected chi connectivity index (χ3v) is 6.05. The Morgan fingerprint density at radius 2 is 1.90 bits per heavy atom. The maximum absolute atomic E-state index is 13.7. The number of methoxy groups -OCH3 is 1. The number of hydrogen-bond acceptors (Lipinski definition) is 8. The van der Waals surface area contributed by atoms with Crippen LogP contribution in [0, 0.1) is 21.4 Å². The van der Waals surface area contributed by atoms with E-state index in [4.69, 9.17) is 4.74 Å². The Morgan fingerprint density at radius 3 is 2.43 bits per heavy atom. The number of carbonyl (C=O) groups excluding carboxylic acids is 2. The van der Waals surface area contributed by atoms with Crippen molar-refractivity contribution in [3.8, 4) is 5.75 Å². The first-order chi connectivity index (χ1) is 14.3. The average Bonchev–Trinajstić information content (AvgIpc) is 3.29. The van der Waals surface area contributed by atoms with Crippen LogP contribution in [0.25, 0.3) is 0 Å². The van der Waals surface area contributed by atoms with Gasteiger partial charge in [-0.1, -0.05) is 0 Å². The fraction of sp³-hybridized carbons (Fsp3) is 0.550. The SMILES string of the molecule is COc1cc(C(=O)C(C(=O)O)(C(=O)[C@H]2CCCN2)C2CCNCC2)ccc1[N+](=O)[O-]. The van der Waals surface area contributed by atoms with Gasteiger partial charge in [0.1, 0.15) is 0 Å². The molecule has 162 valence electrons. The molecule has 3 N–H and O–H groups in total. The quantitative estimate of drug-likeness (QED) is 0.244. The lowest BCUT2D eigenvalue weighted by Crippen LogP contribution is -2.58. The van der Waals surface area contributed by atoms with Crippen molar-refractivity contribution in [2.24, 2.45) is 11.3 Å². The molecule has 2 aliphatic heterocycles. The zero-order valence-electron chi connectivity index (χ0n) is 16.7. The number of nitrogens with one attached hydrogen (secondary N) is 2. The lowest BCUT2D eigenvalue weighted by Gasteiger charge is -2.38. The molecule has 0 spiro atoms. The summed E-state index contributed by atoms with van der Waals surface area (Å²) in [6.45, 7) is 1.59. The van der Waals surface area contributed by atoms with Crippen molar-refractivity contribution in [2.75, 3.05) is 26.7 Å². The number of carbonyl (C=O) groups is 3.